The average molecular weight is 494 g/mol. The first-order chi connectivity index (χ1) is 17.0. The molecular formula is C24H27N7O5. The molecule has 4 N–H and O–H groups in total. The van der Waals surface area contributed by atoms with Gasteiger partial charge in [-0.2, -0.15) is 5.10 Å². The quantitative estimate of drug-likeness (QED) is 0.399. The molecule has 0 aliphatic carbocycles. The number of rotatable bonds is 6. The summed E-state index contributed by atoms with van der Waals surface area (Å²) in [7, 11) is 0. The summed E-state index contributed by atoms with van der Waals surface area (Å²) in [6.45, 7) is 7.21. The number of hydrogen-bond acceptors (Lipinski definition) is 7. The summed E-state index contributed by atoms with van der Waals surface area (Å²) in [6.07, 6.45) is 1.46. The molecule has 3 aromatic rings. The van der Waals surface area contributed by atoms with Gasteiger partial charge in [0.05, 0.1) is 11.9 Å². The number of nitrogens with zero attached hydrogens (tertiary/aromatic N) is 3. The van der Waals surface area contributed by atoms with E-state index in [1.165, 1.54) is 16.8 Å². The van der Waals surface area contributed by atoms with E-state index in [9.17, 15) is 19.2 Å². The van der Waals surface area contributed by atoms with Gasteiger partial charge < -0.3 is 26.0 Å². The van der Waals surface area contributed by atoms with Crippen molar-refractivity contribution in [1.29, 1.82) is 0 Å². The first-order valence-corrected chi connectivity index (χ1v) is 11.3. The molecule has 3 heterocycles. The lowest BCUT2D eigenvalue weighted by Crippen LogP contribution is -2.51. The van der Waals surface area contributed by atoms with E-state index >= 15 is 0 Å². The molecular weight excluding hydrogens is 466 g/mol. The first kappa shape index (κ1) is 24.6. The number of nitrogens with one attached hydrogen (secondary N) is 4. The van der Waals surface area contributed by atoms with Gasteiger partial charge in [-0.3, -0.25) is 19.2 Å². The van der Waals surface area contributed by atoms with Crippen molar-refractivity contribution in [3.8, 4) is 5.75 Å². The zero-order chi connectivity index (χ0) is 26.0. The van der Waals surface area contributed by atoms with Crippen molar-refractivity contribution >= 4 is 35.0 Å². The third kappa shape index (κ3) is 5.59. The van der Waals surface area contributed by atoms with Crippen LogP contribution in [0.3, 0.4) is 0 Å². The standard InChI is InChI=1S/C24H27N7O5/c1-13(21(33)30-24(2,3)4)27-23(35)17-10-16(28-19-7-8-26-31(17)19)22(34)25-11-14-5-6-18-15(9-14)29-20(32)12-36-18/h5-10,13H,11-12H2,1-4H3,(H,25,34)(H,27,35)(H,29,32)(H,30,33)/t13-/m0/s1. The van der Waals surface area contributed by atoms with E-state index in [-0.39, 0.29) is 36.4 Å². The van der Waals surface area contributed by atoms with Crippen LogP contribution in [-0.4, -0.2) is 56.4 Å². The topological polar surface area (TPSA) is 156 Å². The highest BCUT2D eigenvalue weighted by Gasteiger charge is 2.24. The molecule has 0 saturated heterocycles. The maximum Gasteiger partial charge on any atom is 0.270 e. The second-order valence-corrected chi connectivity index (χ2v) is 9.41. The van der Waals surface area contributed by atoms with Crippen molar-refractivity contribution in [1.82, 2.24) is 30.5 Å². The molecule has 4 rings (SSSR count). The molecule has 0 radical (unpaired) electrons. The molecule has 1 aromatic carbocycles. The van der Waals surface area contributed by atoms with E-state index in [4.69, 9.17) is 4.74 Å². The van der Waals surface area contributed by atoms with Gasteiger partial charge in [-0.05, 0) is 45.4 Å². The summed E-state index contributed by atoms with van der Waals surface area (Å²) >= 11 is 0. The molecule has 12 heteroatoms. The molecule has 0 spiro atoms. The number of aromatic nitrogens is 3. The van der Waals surface area contributed by atoms with Crippen LogP contribution in [0.5, 0.6) is 5.75 Å². The highest BCUT2D eigenvalue weighted by Crippen LogP contribution is 2.28. The number of benzene rings is 1. The highest BCUT2D eigenvalue weighted by molar-refractivity contribution is 6.00. The average Bonchev–Trinajstić information content (AvgIpc) is 3.29. The zero-order valence-corrected chi connectivity index (χ0v) is 20.3. The smallest absolute Gasteiger partial charge is 0.270 e. The van der Waals surface area contributed by atoms with Crippen LogP contribution in [0, 0.1) is 0 Å². The van der Waals surface area contributed by atoms with Crippen LogP contribution in [-0.2, 0) is 16.1 Å². The predicted octanol–water partition coefficient (Wildman–Crippen LogP) is 1.02. The summed E-state index contributed by atoms with van der Waals surface area (Å²) in [5.74, 6) is -1.13. The molecule has 0 bridgehead atoms. The van der Waals surface area contributed by atoms with Gasteiger partial charge in [0.15, 0.2) is 12.3 Å². The van der Waals surface area contributed by atoms with Gasteiger partial charge in [-0.25, -0.2) is 9.50 Å². The Bertz CT molecular complexity index is 1360. The molecule has 12 nitrogen and oxygen atoms in total. The Balaban J connectivity index is 1.49. The van der Waals surface area contributed by atoms with Crippen molar-refractivity contribution in [2.75, 3.05) is 11.9 Å². The highest BCUT2D eigenvalue weighted by atomic mass is 16.5. The van der Waals surface area contributed by atoms with Crippen molar-refractivity contribution < 1.29 is 23.9 Å². The summed E-state index contributed by atoms with van der Waals surface area (Å²) < 4.78 is 6.64. The Hall–Kier alpha value is -4.48. The van der Waals surface area contributed by atoms with Crippen LogP contribution in [0.2, 0.25) is 0 Å². The minimum atomic E-state index is -0.818. The van der Waals surface area contributed by atoms with E-state index in [1.54, 1.807) is 31.2 Å². The van der Waals surface area contributed by atoms with Crippen LogP contribution < -0.4 is 26.0 Å². The monoisotopic (exact) mass is 493 g/mol. The van der Waals surface area contributed by atoms with E-state index in [0.717, 1.165) is 5.56 Å². The predicted molar refractivity (Wildman–Crippen MR) is 130 cm³/mol. The number of hydrogen-bond donors (Lipinski definition) is 4. The molecule has 2 aromatic heterocycles. The van der Waals surface area contributed by atoms with Gasteiger partial charge in [0.1, 0.15) is 23.2 Å². The lowest BCUT2D eigenvalue weighted by Gasteiger charge is -2.23. The number of carbonyl (C=O) groups is 4. The number of carbonyl (C=O) groups excluding carboxylic acids is 4. The minimum Gasteiger partial charge on any atom is -0.482 e. The lowest BCUT2D eigenvalue weighted by atomic mass is 10.1. The van der Waals surface area contributed by atoms with Crippen LogP contribution in [0.4, 0.5) is 5.69 Å². The third-order valence-electron chi connectivity index (χ3n) is 5.19. The molecule has 4 amide bonds. The van der Waals surface area contributed by atoms with Crippen molar-refractivity contribution in [3.63, 3.8) is 0 Å². The second-order valence-electron chi connectivity index (χ2n) is 9.41. The van der Waals surface area contributed by atoms with Crippen LogP contribution in [0.1, 0.15) is 54.2 Å². The molecule has 36 heavy (non-hydrogen) atoms. The van der Waals surface area contributed by atoms with Gasteiger partial charge in [0.25, 0.3) is 17.7 Å². The first-order valence-electron chi connectivity index (χ1n) is 11.3. The van der Waals surface area contributed by atoms with Crippen LogP contribution in [0.15, 0.2) is 36.5 Å². The van der Waals surface area contributed by atoms with Crippen LogP contribution >= 0.6 is 0 Å². The summed E-state index contributed by atoms with van der Waals surface area (Å²) in [6, 6.07) is 7.26. The van der Waals surface area contributed by atoms with E-state index in [1.807, 2.05) is 20.8 Å². The number of anilines is 1. The lowest BCUT2D eigenvalue weighted by molar-refractivity contribution is -0.124. The van der Waals surface area contributed by atoms with E-state index < -0.39 is 23.4 Å². The van der Waals surface area contributed by atoms with Gasteiger partial charge >= 0.3 is 0 Å². The second kappa shape index (κ2) is 9.64. The normalized spacial score (nSPS) is 13.7. The fourth-order valence-corrected chi connectivity index (χ4v) is 3.52. The fourth-order valence-electron chi connectivity index (χ4n) is 3.52. The minimum absolute atomic E-state index is 0.00884. The Kier molecular flexibility index (Phi) is 6.60. The Morgan fingerprint density at radius 2 is 1.94 bits per heavy atom. The molecule has 1 aliphatic rings. The van der Waals surface area contributed by atoms with E-state index in [0.29, 0.717) is 17.1 Å². The molecule has 1 atom stereocenters. The van der Waals surface area contributed by atoms with Gasteiger partial charge in [0.2, 0.25) is 5.91 Å². The third-order valence-corrected chi connectivity index (χ3v) is 5.19. The molecule has 188 valence electrons. The maximum atomic E-state index is 13.0. The number of fused-ring (bicyclic) bond motifs is 2. The van der Waals surface area contributed by atoms with E-state index in [2.05, 4.69) is 31.3 Å². The zero-order valence-electron chi connectivity index (χ0n) is 20.3. The Morgan fingerprint density at radius 3 is 2.69 bits per heavy atom. The largest absolute Gasteiger partial charge is 0.482 e. The molecule has 1 aliphatic heterocycles. The fraction of sp³-hybridized carbons (Fsp3) is 0.333. The maximum absolute atomic E-state index is 13.0. The molecule has 0 saturated carbocycles. The van der Waals surface area contributed by atoms with Gasteiger partial charge in [-0.1, -0.05) is 6.07 Å². The number of ether oxygens (including phenoxy) is 1. The van der Waals surface area contributed by atoms with Gasteiger partial charge in [0, 0.05) is 24.2 Å². The van der Waals surface area contributed by atoms with Crippen LogP contribution in [0.25, 0.3) is 5.65 Å². The summed E-state index contributed by atoms with van der Waals surface area (Å²) in [5.41, 5.74) is 1.17. The Labute approximate surface area is 206 Å². The van der Waals surface area contributed by atoms with Crippen molar-refractivity contribution in [2.24, 2.45) is 0 Å². The Morgan fingerprint density at radius 1 is 1.17 bits per heavy atom. The molecule has 0 fully saturated rings. The SMILES string of the molecule is C[C@H](NC(=O)c1cc(C(=O)NCc2ccc3c(c2)NC(=O)CO3)nc2ccnn12)C(=O)NC(C)(C)C. The number of amides is 4. The van der Waals surface area contributed by atoms with Crippen molar-refractivity contribution in [2.45, 2.75) is 45.8 Å². The molecule has 0 unspecified atom stereocenters. The summed E-state index contributed by atoms with van der Waals surface area (Å²) in [4.78, 5) is 54.1. The van der Waals surface area contributed by atoms with Crippen molar-refractivity contribution in [3.05, 3.63) is 53.5 Å². The summed E-state index contributed by atoms with van der Waals surface area (Å²) in [5, 5.41) is 15.0. The van der Waals surface area contributed by atoms with Gasteiger partial charge in [-0.15, -0.1) is 0 Å².